The van der Waals surface area contributed by atoms with Gasteiger partial charge in [0.1, 0.15) is 5.78 Å². The third-order valence-corrected chi connectivity index (χ3v) is 20.9. The summed E-state index contributed by atoms with van der Waals surface area (Å²) in [5.41, 5.74) is 0. The summed E-state index contributed by atoms with van der Waals surface area (Å²) in [6.07, 6.45) is 102. The number of rotatable bonds is 80. The fourth-order valence-electron chi connectivity index (χ4n) is 14.4. The number of carboxylic acid groups (broad SMARTS) is 1. The lowest BCUT2D eigenvalue weighted by Crippen LogP contribution is -2.28. The molecular weight excluding hydrogens is 1070 g/mol. The monoisotopic (exact) mass is 1240 g/mol. The maximum Gasteiger partial charge on any atom is 0.309 e. The van der Waals surface area contributed by atoms with Gasteiger partial charge in [-0.25, -0.2) is 0 Å². The molecule has 4 nitrogen and oxygen atoms in total. The number of aliphatic carboxylic acids is 1. The Morgan fingerprint density at radius 1 is 0.227 bits per heavy atom. The summed E-state index contributed by atoms with van der Waals surface area (Å²) < 4.78 is 0. The first-order valence-corrected chi connectivity index (χ1v) is 41.9. The van der Waals surface area contributed by atoms with Crippen molar-refractivity contribution in [1.29, 1.82) is 0 Å². The molecule has 0 aromatic heterocycles. The minimum atomic E-state index is -0.801. The van der Waals surface area contributed by atoms with Crippen molar-refractivity contribution in [1.82, 2.24) is 0 Å². The molecule has 0 saturated carbocycles. The number of unbranched alkanes of at least 4 members (excludes halogenated alkanes) is 69. The molecule has 526 valence electrons. The van der Waals surface area contributed by atoms with Gasteiger partial charge in [-0.15, -0.1) is 0 Å². The Labute approximate surface area is 555 Å². The summed E-state index contributed by atoms with van der Waals surface area (Å²) in [5.74, 6) is -0.572. The summed E-state index contributed by atoms with van der Waals surface area (Å²) in [4.78, 5) is 24.6. The van der Waals surface area contributed by atoms with Crippen LogP contribution in [0.5, 0.6) is 0 Å². The molecule has 0 heterocycles. The van der Waals surface area contributed by atoms with E-state index in [0.717, 1.165) is 44.9 Å². The van der Waals surface area contributed by atoms with E-state index in [4.69, 9.17) is 0 Å². The van der Waals surface area contributed by atoms with Gasteiger partial charge in [0.15, 0.2) is 0 Å². The maximum atomic E-state index is 12.7. The fraction of sp³-hybridized carbons (Fsp3) is 0.976. The van der Waals surface area contributed by atoms with Crippen LogP contribution in [0.15, 0.2) is 0 Å². The minimum absolute atomic E-state index is 0.281. The van der Waals surface area contributed by atoms with E-state index in [1.165, 1.54) is 430 Å². The van der Waals surface area contributed by atoms with Crippen LogP contribution in [-0.2, 0) is 9.59 Å². The van der Waals surface area contributed by atoms with Gasteiger partial charge in [-0.1, -0.05) is 477 Å². The molecule has 0 radical (unpaired) electrons. The zero-order valence-electron chi connectivity index (χ0n) is 61.2. The second kappa shape index (κ2) is 76.8. The fourth-order valence-corrected chi connectivity index (χ4v) is 14.4. The van der Waals surface area contributed by atoms with E-state index in [-0.39, 0.29) is 5.92 Å². The second-order valence-electron chi connectivity index (χ2n) is 29.7. The first-order chi connectivity index (χ1) is 43.4. The molecule has 3 atom stereocenters. The van der Waals surface area contributed by atoms with E-state index >= 15 is 0 Å². The number of hydrogen-bond donors (Lipinski definition) is 2. The summed E-state index contributed by atoms with van der Waals surface area (Å²) in [5, 5.41) is 20.5. The lowest BCUT2D eigenvalue weighted by Gasteiger charge is -2.19. The molecule has 0 aliphatic rings. The Balaban J connectivity index is 3.33. The van der Waals surface area contributed by atoms with E-state index in [1.54, 1.807) is 0 Å². The Morgan fingerprint density at radius 2 is 0.386 bits per heavy atom. The normalized spacial score (nSPS) is 12.8. The van der Waals surface area contributed by atoms with Crippen molar-refractivity contribution in [3.05, 3.63) is 0 Å². The highest BCUT2D eigenvalue weighted by molar-refractivity contribution is 5.80. The lowest BCUT2D eigenvalue weighted by molar-refractivity contribution is -0.146. The van der Waals surface area contributed by atoms with Crippen LogP contribution in [-0.4, -0.2) is 28.1 Å². The van der Waals surface area contributed by atoms with Crippen LogP contribution in [0.1, 0.15) is 509 Å². The molecule has 0 amide bonds. The van der Waals surface area contributed by atoms with E-state index < -0.39 is 18.0 Å². The van der Waals surface area contributed by atoms with Crippen LogP contribution in [0.25, 0.3) is 0 Å². The average molecular weight is 1240 g/mol. The molecule has 0 bridgehead atoms. The molecule has 0 rings (SSSR count). The lowest BCUT2D eigenvalue weighted by atomic mass is 9.91. The van der Waals surface area contributed by atoms with Crippen molar-refractivity contribution >= 4 is 11.8 Å². The number of Topliss-reactive ketones (excluding diaryl/α,β-unsaturated/α-hetero) is 1. The molecule has 0 saturated heterocycles. The zero-order valence-corrected chi connectivity index (χ0v) is 61.2. The smallest absolute Gasteiger partial charge is 0.309 e. The quantitative estimate of drug-likeness (QED) is 0.0595. The van der Waals surface area contributed by atoms with E-state index in [2.05, 4.69) is 20.8 Å². The van der Waals surface area contributed by atoms with Crippen LogP contribution in [0.4, 0.5) is 0 Å². The highest BCUT2D eigenvalue weighted by atomic mass is 16.4. The summed E-state index contributed by atoms with van der Waals surface area (Å²) in [6.45, 7) is 6.79. The van der Waals surface area contributed by atoms with Crippen molar-refractivity contribution in [2.24, 2.45) is 11.8 Å². The van der Waals surface area contributed by atoms with E-state index in [1.807, 2.05) is 0 Å². The van der Waals surface area contributed by atoms with Crippen molar-refractivity contribution in [2.75, 3.05) is 0 Å². The maximum absolute atomic E-state index is 12.7. The molecule has 0 aromatic carbocycles. The van der Waals surface area contributed by atoms with Crippen molar-refractivity contribution in [3.8, 4) is 0 Å². The first kappa shape index (κ1) is 87.1. The predicted octanol–water partition coefficient (Wildman–Crippen LogP) is 29.9. The van der Waals surface area contributed by atoms with Gasteiger partial charge in [0, 0.05) is 12.3 Å². The molecule has 0 aliphatic carbocycles. The van der Waals surface area contributed by atoms with Crippen LogP contribution in [0, 0.1) is 11.8 Å². The molecule has 0 fully saturated rings. The number of aliphatic hydroxyl groups excluding tert-OH is 1. The number of aliphatic hydroxyl groups is 1. The van der Waals surface area contributed by atoms with Gasteiger partial charge in [0.2, 0.25) is 0 Å². The molecule has 0 aromatic rings. The van der Waals surface area contributed by atoms with Gasteiger partial charge < -0.3 is 10.2 Å². The number of carbonyl (C=O) groups is 2. The summed E-state index contributed by atoms with van der Waals surface area (Å²) in [6, 6.07) is 0. The molecule has 88 heavy (non-hydrogen) atoms. The Hall–Kier alpha value is -0.900. The van der Waals surface area contributed by atoms with Gasteiger partial charge in [-0.05, 0) is 25.7 Å². The number of carbonyl (C=O) groups excluding carboxylic acids is 1. The van der Waals surface area contributed by atoms with E-state index in [9.17, 15) is 19.8 Å². The number of hydrogen-bond acceptors (Lipinski definition) is 3. The third-order valence-electron chi connectivity index (χ3n) is 20.9. The van der Waals surface area contributed by atoms with Gasteiger partial charge in [-0.3, -0.25) is 9.59 Å². The van der Waals surface area contributed by atoms with Gasteiger partial charge in [0.05, 0.1) is 12.0 Å². The van der Waals surface area contributed by atoms with Crippen LogP contribution in [0.3, 0.4) is 0 Å². The Kier molecular flexibility index (Phi) is 76.0. The Morgan fingerprint density at radius 3 is 0.580 bits per heavy atom. The first-order valence-electron chi connectivity index (χ1n) is 41.9. The predicted molar refractivity (Wildman–Crippen MR) is 394 cm³/mol. The van der Waals surface area contributed by atoms with Gasteiger partial charge in [0.25, 0.3) is 0 Å². The topological polar surface area (TPSA) is 74.6 Å². The van der Waals surface area contributed by atoms with Crippen molar-refractivity contribution in [3.63, 3.8) is 0 Å². The molecule has 0 spiro atoms. The zero-order chi connectivity index (χ0) is 63.6. The number of ketones is 1. The SMILES string of the molecule is CCCCCCCCCCCCCCCCCCCCCCC(C(=O)O)C(O)CCCCCCCCCCCCCCCCCCCCCCCCCCCCCCCCCCCCC(=O)C(C)CCCCCCCCCCCCCCCCCCCC. The van der Waals surface area contributed by atoms with Gasteiger partial charge in [-0.2, -0.15) is 0 Å². The molecule has 0 aliphatic heterocycles. The standard InChI is InChI=1S/C84H166O4/c1-4-6-8-10-12-14-16-18-20-22-24-41-45-49-53-57-61-65-69-73-77-81(84(87)88)83(86)79-75-71-67-63-59-55-51-47-43-40-38-36-34-32-30-28-26-25-27-29-31-33-35-37-39-42-46-50-54-58-62-66-70-74-78-82(85)80(3)76-72-68-64-60-56-52-48-44-23-21-19-17-15-13-11-9-7-5-2/h80-81,83,86H,4-79H2,1-3H3,(H,87,88). The summed E-state index contributed by atoms with van der Waals surface area (Å²) >= 11 is 0. The highest BCUT2D eigenvalue weighted by Gasteiger charge is 2.25. The largest absolute Gasteiger partial charge is 0.481 e. The highest BCUT2D eigenvalue weighted by Crippen LogP contribution is 2.24. The summed E-state index contributed by atoms with van der Waals surface area (Å²) in [7, 11) is 0. The number of carboxylic acids is 1. The average Bonchev–Trinajstić information content (AvgIpc) is 3.54. The van der Waals surface area contributed by atoms with Gasteiger partial charge >= 0.3 is 5.97 Å². The molecular formula is C84H166O4. The Bertz CT molecular complexity index is 1300. The van der Waals surface area contributed by atoms with Crippen LogP contribution < -0.4 is 0 Å². The van der Waals surface area contributed by atoms with E-state index in [0.29, 0.717) is 18.6 Å². The molecule has 2 N–H and O–H groups in total. The van der Waals surface area contributed by atoms with Crippen LogP contribution in [0.2, 0.25) is 0 Å². The molecule has 3 unspecified atom stereocenters. The third kappa shape index (κ3) is 71.0. The van der Waals surface area contributed by atoms with Crippen molar-refractivity contribution < 1.29 is 19.8 Å². The van der Waals surface area contributed by atoms with Crippen LogP contribution >= 0.6 is 0 Å². The minimum Gasteiger partial charge on any atom is -0.481 e. The molecule has 4 heteroatoms. The second-order valence-corrected chi connectivity index (χ2v) is 29.7. The van der Waals surface area contributed by atoms with Crippen molar-refractivity contribution in [2.45, 2.75) is 515 Å².